The SMILES string of the molecule is CCC(=O)/C=C/c1cccc(F)c1N=P(c1ccccc1)(c1ccccc1)c1ccccc1. The minimum absolute atomic E-state index is 0.0135. The average Bonchev–Trinajstić information content (AvgIpc) is 2.88. The second kappa shape index (κ2) is 10.4. The maximum atomic E-state index is 15.3. The Balaban J connectivity index is 2.12. The molecule has 0 saturated carbocycles. The topological polar surface area (TPSA) is 29.4 Å². The molecule has 0 amide bonds. The van der Waals surface area contributed by atoms with Crippen LogP contribution in [0.1, 0.15) is 18.9 Å². The molecule has 0 N–H and O–H groups in total. The van der Waals surface area contributed by atoms with Gasteiger partial charge in [0.25, 0.3) is 0 Å². The predicted octanol–water partition coefficient (Wildman–Crippen LogP) is 6.63. The van der Waals surface area contributed by atoms with E-state index in [4.69, 9.17) is 4.74 Å². The van der Waals surface area contributed by atoms with Crippen LogP contribution in [0.4, 0.5) is 10.1 Å². The summed E-state index contributed by atoms with van der Waals surface area (Å²) in [6.07, 6.45) is 3.57. The molecular formula is C29H25FNOP. The van der Waals surface area contributed by atoms with Gasteiger partial charge in [-0.2, -0.15) is 0 Å². The van der Waals surface area contributed by atoms with Gasteiger partial charge in [0, 0.05) is 27.9 Å². The molecule has 4 aromatic carbocycles. The zero-order chi connectivity index (χ0) is 23.1. The highest BCUT2D eigenvalue weighted by Crippen LogP contribution is 2.50. The fourth-order valence-corrected chi connectivity index (χ4v) is 7.34. The second-order valence-electron chi connectivity index (χ2n) is 7.57. The molecule has 0 radical (unpaired) electrons. The van der Waals surface area contributed by atoms with Crippen molar-refractivity contribution in [1.29, 1.82) is 0 Å². The third kappa shape index (κ3) is 4.79. The first kappa shape index (κ1) is 22.6. The van der Waals surface area contributed by atoms with E-state index in [1.807, 2.05) is 54.6 Å². The quantitative estimate of drug-likeness (QED) is 0.228. The van der Waals surface area contributed by atoms with Crippen LogP contribution >= 0.6 is 7.05 Å². The lowest BCUT2D eigenvalue weighted by Crippen LogP contribution is -2.25. The summed E-state index contributed by atoms with van der Waals surface area (Å²) in [6.45, 7) is 1.81. The van der Waals surface area contributed by atoms with E-state index in [-0.39, 0.29) is 11.5 Å². The molecule has 0 aliphatic carbocycles. The maximum Gasteiger partial charge on any atom is 0.155 e. The lowest BCUT2D eigenvalue weighted by molar-refractivity contribution is -0.114. The second-order valence-corrected chi connectivity index (χ2v) is 10.6. The highest BCUT2D eigenvalue weighted by molar-refractivity contribution is 7.87. The first-order chi connectivity index (χ1) is 16.1. The first-order valence-corrected chi connectivity index (χ1v) is 12.7. The summed E-state index contributed by atoms with van der Waals surface area (Å²) in [5.74, 6) is -0.422. The van der Waals surface area contributed by atoms with Crippen LogP contribution in [0.5, 0.6) is 0 Å². The zero-order valence-electron chi connectivity index (χ0n) is 18.4. The molecule has 0 saturated heterocycles. The van der Waals surface area contributed by atoms with Gasteiger partial charge >= 0.3 is 0 Å². The van der Waals surface area contributed by atoms with Crippen molar-refractivity contribution in [3.05, 3.63) is 127 Å². The number of benzene rings is 4. The van der Waals surface area contributed by atoms with Gasteiger partial charge in [-0.05, 0) is 18.2 Å². The highest BCUT2D eigenvalue weighted by Gasteiger charge is 2.28. The van der Waals surface area contributed by atoms with E-state index in [0.29, 0.717) is 12.0 Å². The third-order valence-corrected chi connectivity index (χ3v) is 9.09. The molecule has 4 aromatic rings. The van der Waals surface area contributed by atoms with Crippen LogP contribution in [-0.4, -0.2) is 5.78 Å². The smallest absolute Gasteiger partial charge is 0.155 e. The van der Waals surface area contributed by atoms with E-state index in [2.05, 4.69) is 36.4 Å². The standard InChI is InChI=1S/C29H25FNOP/c1-2-24(32)22-21-23-13-12-20-28(30)29(23)31-33(25-14-6-3-7-15-25,26-16-8-4-9-17-26)27-18-10-5-11-19-27/h3-22H,2H2,1H3/b22-21+. The van der Waals surface area contributed by atoms with E-state index in [1.165, 1.54) is 12.1 Å². The van der Waals surface area contributed by atoms with Crippen LogP contribution < -0.4 is 15.9 Å². The summed E-state index contributed by atoms with van der Waals surface area (Å²) in [6, 6.07) is 35.1. The average molecular weight is 453 g/mol. The summed E-state index contributed by atoms with van der Waals surface area (Å²) >= 11 is 0. The number of hydrogen-bond acceptors (Lipinski definition) is 2. The Hall–Kier alpha value is -3.55. The molecule has 0 heterocycles. The van der Waals surface area contributed by atoms with Crippen molar-refractivity contribution < 1.29 is 9.18 Å². The first-order valence-electron chi connectivity index (χ1n) is 10.9. The summed E-state index contributed by atoms with van der Waals surface area (Å²) in [4.78, 5) is 11.9. The summed E-state index contributed by atoms with van der Waals surface area (Å²) in [5, 5.41) is 3.10. The Labute approximate surface area is 194 Å². The molecule has 0 aliphatic heterocycles. The molecular weight excluding hydrogens is 428 g/mol. The summed E-state index contributed by atoms with van der Waals surface area (Å²) in [7, 11) is -2.62. The number of carbonyl (C=O) groups excluding carboxylic acids is 1. The van der Waals surface area contributed by atoms with E-state index in [1.54, 1.807) is 25.1 Å². The Morgan fingerprint density at radius 1 is 0.758 bits per heavy atom. The van der Waals surface area contributed by atoms with Crippen molar-refractivity contribution in [3.63, 3.8) is 0 Å². The van der Waals surface area contributed by atoms with E-state index >= 15 is 4.39 Å². The normalized spacial score (nSPS) is 11.5. The predicted molar refractivity (Wildman–Crippen MR) is 138 cm³/mol. The number of hydrogen-bond donors (Lipinski definition) is 0. The van der Waals surface area contributed by atoms with Crippen LogP contribution in [0.25, 0.3) is 6.08 Å². The molecule has 0 bridgehead atoms. The van der Waals surface area contributed by atoms with Gasteiger partial charge in [-0.25, -0.2) is 4.39 Å². The van der Waals surface area contributed by atoms with E-state index in [0.717, 1.165) is 15.9 Å². The maximum absolute atomic E-state index is 15.3. The molecule has 0 spiro atoms. The molecule has 4 rings (SSSR count). The van der Waals surface area contributed by atoms with Gasteiger partial charge in [0.15, 0.2) is 5.78 Å². The lowest BCUT2D eigenvalue weighted by Gasteiger charge is -2.27. The van der Waals surface area contributed by atoms with Crippen LogP contribution in [0.15, 0.2) is 120 Å². The summed E-state index contributed by atoms with van der Waals surface area (Å²) in [5.41, 5.74) is 0.853. The minimum atomic E-state index is -2.62. The largest absolute Gasteiger partial charge is 0.295 e. The van der Waals surface area contributed by atoms with Crippen molar-refractivity contribution in [1.82, 2.24) is 0 Å². The van der Waals surface area contributed by atoms with Gasteiger partial charge in [0.2, 0.25) is 0 Å². The van der Waals surface area contributed by atoms with Crippen LogP contribution in [0.2, 0.25) is 0 Å². The monoisotopic (exact) mass is 453 g/mol. The molecule has 164 valence electrons. The Bertz CT molecular complexity index is 1210. The van der Waals surface area contributed by atoms with Crippen molar-refractivity contribution in [2.24, 2.45) is 4.74 Å². The number of rotatable bonds is 7. The molecule has 4 heteroatoms. The number of halogens is 1. The molecule has 2 nitrogen and oxygen atoms in total. The summed E-state index contributed by atoms with van der Waals surface area (Å²) < 4.78 is 20.6. The molecule has 0 atom stereocenters. The van der Waals surface area contributed by atoms with Gasteiger partial charge in [-0.1, -0.05) is 110 Å². The highest BCUT2D eigenvalue weighted by atomic mass is 31.2. The van der Waals surface area contributed by atoms with Crippen LogP contribution in [-0.2, 0) is 4.79 Å². The van der Waals surface area contributed by atoms with Gasteiger partial charge in [0.05, 0.1) is 7.05 Å². The molecule has 33 heavy (non-hydrogen) atoms. The Morgan fingerprint density at radius 3 is 1.70 bits per heavy atom. The fourth-order valence-electron chi connectivity index (χ4n) is 3.77. The van der Waals surface area contributed by atoms with E-state index in [9.17, 15) is 4.79 Å². The van der Waals surface area contributed by atoms with Gasteiger partial charge < -0.3 is 0 Å². The molecule has 0 unspecified atom stereocenters. The van der Waals surface area contributed by atoms with Crippen LogP contribution in [0, 0.1) is 5.82 Å². The van der Waals surface area contributed by atoms with Crippen molar-refractivity contribution in [2.45, 2.75) is 13.3 Å². The zero-order valence-corrected chi connectivity index (χ0v) is 19.3. The van der Waals surface area contributed by atoms with Gasteiger partial charge in [0.1, 0.15) is 11.5 Å². The molecule has 0 aromatic heterocycles. The Kier molecular flexibility index (Phi) is 7.12. The van der Waals surface area contributed by atoms with Crippen molar-refractivity contribution in [3.8, 4) is 0 Å². The van der Waals surface area contributed by atoms with Crippen molar-refractivity contribution >= 4 is 40.5 Å². The van der Waals surface area contributed by atoms with E-state index < -0.39 is 12.9 Å². The number of carbonyl (C=O) groups is 1. The third-order valence-electron chi connectivity index (χ3n) is 5.45. The van der Waals surface area contributed by atoms with Gasteiger partial charge in [-0.3, -0.25) is 9.54 Å². The minimum Gasteiger partial charge on any atom is -0.295 e. The van der Waals surface area contributed by atoms with Gasteiger partial charge in [-0.15, -0.1) is 0 Å². The fraction of sp³-hybridized carbons (Fsp3) is 0.0690. The Morgan fingerprint density at radius 2 is 1.24 bits per heavy atom. The number of ketones is 1. The molecule has 0 fully saturated rings. The van der Waals surface area contributed by atoms with Crippen LogP contribution in [0.3, 0.4) is 0 Å². The molecule has 0 aliphatic rings. The lowest BCUT2D eigenvalue weighted by atomic mass is 10.1. The number of allylic oxidation sites excluding steroid dienone is 1. The number of nitrogens with zero attached hydrogens (tertiary/aromatic N) is 1. The van der Waals surface area contributed by atoms with Crippen molar-refractivity contribution in [2.75, 3.05) is 0 Å².